The Kier molecular flexibility index (Phi) is 4.32. The molecular weight excluding hydrogens is 261 g/mol. The van der Waals surface area contributed by atoms with Crippen LogP contribution in [0.1, 0.15) is 16.7 Å². The molecule has 0 aliphatic heterocycles. The summed E-state index contributed by atoms with van der Waals surface area (Å²) in [6.45, 7) is 1.98. The molecule has 2 rings (SSSR count). The van der Waals surface area contributed by atoms with Gasteiger partial charge in [-0.15, -0.1) is 0 Å². The second kappa shape index (κ2) is 5.97. The Morgan fingerprint density at radius 2 is 1.68 bits per heavy atom. The summed E-state index contributed by atoms with van der Waals surface area (Å²) >= 11 is 0. The Balaban J connectivity index is 2.10. The average molecular weight is 277 g/mol. The normalized spacial score (nSPS) is 12.3. The Hall–Kier alpha value is -1.68. The maximum Gasteiger partial charge on any atom is 0.150 e. The molecule has 2 aromatic rings. The van der Waals surface area contributed by atoms with Gasteiger partial charge in [-0.05, 0) is 24.1 Å². The molecule has 19 heavy (non-hydrogen) atoms. The minimum Gasteiger partial charge on any atom is -0.396 e. The number of halogens is 1. The molecule has 0 heterocycles. The lowest BCUT2D eigenvalue weighted by Crippen LogP contribution is -2.04. The number of anilines is 1. The molecule has 1 unspecified atom stereocenters. The van der Waals surface area contributed by atoms with E-state index in [4.69, 9.17) is 5.73 Å². The van der Waals surface area contributed by atoms with Crippen LogP contribution in [-0.2, 0) is 22.3 Å². The van der Waals surface area contributed by atoms with E-state index < -0.39 is 16.6 Å². The number of hydrogen-bond acceptors (Lipinski definition) is 2. The van der Waals surface area contributed by atoms with Gasteiger partial charge >= 0.3 is 0 Å². The molecule has 0 bridgehead atoms. The van der Waals surface area contributed by atoms with Gasteiger partial charge in [0.05, 0.1) is 11.4 Å². The van der Waals surface area contributed by atoms with E-state index in [1.807, 2.05) is 31.2 Å². The highest BCUT2D eigenvalue weighted by Gasteiger charge is 2.10. The number of benzene rings is 2. The number of nitrogens with two attached hydrogens (primary N) is 1. The van der Waals surface area contributed by atoms with Crippen LogP contribution in [0.5, 0.6) is 0 Å². The lowest BCUT2D eigenvalue weighted by Gasteiger charge is -2.07. The predicted molar refractivity (Wildman–Crippen MR) is 77.5 cm³/mol. The smallest absolute Gasteiger partial charge is 0.150 e. The van der Waals surface area contributed by atoms with E-state index in [1.165, 1.54) is 6.07 Å². The first kappa shape index (κ1) is 13.7. The van der Waals surface area contributed by atoms with Gasteiger partial charge in [-0.2, -0.15) is 0 Å². The standard InChI is InChI=1S/C15H16FNOS/c1-11-5-2-3-6-12(11)9-19(18)10-13-7-4-8-14(17)15(13)16/h2-8H,9-10,17H2,1H3. The first-order valence-electron chi connectivity index (χ1n) is 6.00. The molecule has 4 heteroatoms. The van der Waals surface area contributed by atoms with Crippen molar-refractivity contribution < 1.29 is 8.60 Å². The van der Waals surface area contributed by atoms with Crippen LogP contribution in [0, 0.1) is 12.7 Å². The molecule has 1 atom stereocenters. The van der Waals surface area contributed by atoms with Crippen LogP contribution in [0.4, 0.5) is 10.1 Å². The van der Waals surface area contributed by atoms with Crippen molar-refractivity contribution >= 4 is 16.5 Å². The fourth-order valence-electron chi connectivity index (χ4n) is 1.88. The van der Waals surface area contributed by atoms with Crippen molar-refractivity contribution in [2.24, 2.45) is 0 Å². The van der Waals surface area contributed by atoms with Crippen molar-refractivity contribution in [1.29, 1.82) is 0 Å². The van der Waals surface area contributed by atoms with Crippen molar-refractivity contribution in [3.8, 4) is 0 Å². The molecule has 2 nitrogen and oxygen atoms in total. The van der Waals surface area contributed by atoms with E-state index in [0.29, 0.717) is 11.3 Å². The van der Waals surface area contributed by atoms with Crippen molar-refractivity contribution in [1.82, 2.24) is 0 Å². The molecule has 0 fully saturated rings. The Bertz CT molecular complexity index is 613. The summed E-state index contributed by atoms with van der Waals surface area (Å²) in [5.41, 5.74) is 8.14. The third-order valence-electron chi connectivity index (χ3n) is 3.00. The number of rotatable bonds is 4. The largest absolute Gasteiger partial charge is 0.396 e. The first-order chi connectivity index (χ1) is 9.08. The van der Waals surface area contributed by atoms with Crippen LogP contribution in [-0.4, -0.2) is 4.21 Å². The zero-order valence-electron chi connectivity index (χ0n) is 10.7. The van der Waals surface area contributed by atoms with Gasteiger partial charge in [0.15, 0.2) is 0 Å². The third kappa shape index (κ3) is 3.41. The van der Waals surface area contributed by atoms with E-state index in [9.17, 15) is 8.60 Å². The molecular formula is C15H16FNOS. The molecule has 0 aliphatic rings. The lowest BCUT2D eigenvalue weighted by molar-refractivity contribution is 0.620. The Morgan fingerprint density at radius 3 is 2.42 bits per heavy atom. The minimum atomic E-state index is -1.15. The van der Waals surface area contributed by atoms with E-state index >= 15 is 0 Å². The summed E-state index contributed by atoms with van der Waals surface area (Å²) in [5, 5.41) is 0. The molecule has 0 radical (unpaired) electrons. The monoisotopic (exact) mass is 277 g/mol. The highest BCUT2D eigenvalue weighted by Crippen LogP contribution is 2.18. The molecule has 0 saturated heterocycles. The highest BCUT2D eigenvalue weighted by atomic mass is 32.2. The zero-order valence-corrected chi connectivity index (χ0v) is 11.5. The van der Waals surface area contributed by atoms with Crippen molar-refractivity contribution in [2.45, 2.75) is 18.4 Å². The van der Waals surface area contributed by atoms with Crippen LogP contribution >= 0.6 is 0 Å². The third-order valence-corrected chi connectivity index (χ3v) is 4.27. The van der Waals surface area contributed by atoms with Gasteiger partial charge in [0.1, 0.15) is 5.82 Å². The summed E-state index contributed by atoms with van der Waals surface area (Å²) in [6.07, 6.45) is 0. The summed E-state index contributed by atoms with van der Waals surface area (Å²) < 4.78 is 25.8. The Morgan fingerprint density at radius 1 is 1.05 bits per heavy atom. The van der Waals surface area contributed by atoms with Gasteiger partial charge in [-0.25, -0.2) is 4.39 Å². The number of nitrogen functional groups attached to an aromatic ring is 1. The maximum absolute atomic E-state index is 13.7. The summed E-state index contributed by atoms with van der Waals surface area (Å²) in [7, 11) is -1.15. The Labute approximate surface area is 114 Å². The predicted octanol–water partition coefficient (Wildman–Crippen LogP) is 3.17. The summed E-state index contributed by atoms with van der Waals surface area (Å²) in [6, 6.07) is 12.6. The van der Waals surface area contributed by atoms with Crippen LogP contribution < -0.4 is 5.73 Å². The average Bonchev–Trinajstić information content (AvgIpc) is 2.38. The molecule has 2 N–H and O–H groups in total. The summed E-state index contributed by atoms with van der Waals surface area (Å²) in [4.78, 5) is 0. The van der Waals surface area contributed by atoms with Gasteiger partial charge < -0.3 is 5.73 Å². The lowest BCUT2D eigenvalue weighted by atomic mass is 10.1. The van der Waals surface area contributed by atoms with Gasteiger partial charge in [0.25, 0.3) is 0 Å². The van der Waals surface area contributed by atoms with E-state index in [0.717, 1.165) is 11.1 Å². The molecule has 0 aliphatic carbocycles. The van der Waals surface area contributed by atoms with Crippen molar-refractivity contribution in [3.63, 3.8) is 0 Å². The second-order valence-electron chi connectivity index (χ2n) is 4.48. The topological polar surface area (TPSA) is 43.1 Å². The first-order valence-corrected chi connectivity index (χ1v) is 7.49. The molecule has 0 spiro atoms. The number of aryl methyl sites for hydroxylation is 1. The fourth-order valence-corrected chi connectivity index (χ4v) is 3.22. The van der Waals surface area contributed by atoms with Gasteiger partial charge in [0, 0.05) is 22.1 Å². The minimum absolute atomic E-state index is 0.102. The van der Waals surface area contributed by atoms with E-state index in [-0.39, 0.29) is 11.4 Å². The molecule has 0 saturated carbocycles. The van der Waals surface area contributed by atoms with E-state index in [2.05, 4.69) is 0 Å². The van der Waals surface area contributed by atoms with Crippen LogP contribution in [0.15, 0.2) is 42.5 Å². The molecule has 0 aromatic heterocycles. The van der Waals surface area contributed by atoms with Crippen molar-refractivity contribution in [2.75, 3.05) is 5.73 Å². The van der Waals surface area contributed by atoms with Crippen LogP contribution in [0.25, 0.3) is 0 Å². The van der Waals surface area contributed by atoms with Crippen molar-refractivity contribution in [3.05, 3.63) is 65.0 Å². The maximum atomic E-state index is 13.7. The zero-order chi connectivity index (χ0) is 13.8. The van der Waals surface area contributed by atoms with Gasteiger partial charge in [-0.3, -0.25) is 4.21 Å². The van der Waals surface area contributed by atoms with Crippen LogP contribution in [0.2, 0.25) is 0 Å². The van der Waals surface area contributed by atoms with Gasteiger partial charge in [-0.1, -0.05) is 36.4 Å². The number of hydrogen-bond donors (Lipinski definition) is 1. The van der Waals surface area contributed by atoms with Crippen LogP contribution in [0.3, 0.4) is 0 Å². The molecule has 100 valence electrons. The van der Waals surface area contributed by atoms with Gasteiger partial charge in [0.2, 0.25) is 0 Å². The molecule has 2 aromatic carbocycles. The SMILES string of the molecule is Cc1ccccc1CS(=O)Cc1cccc(N)c1F. The second-order valence-corrected chi connectivity index (χ2v) is 5.93. The van der Waals surface area contributed by atoms with E-state index in [1.54, 1.807) is 12.1 Å². The quantitative estimate of drug-likeness (QED) is 0.872. The highest BCUT2D eigenvalue weighted by molar-refractivity contribution is 7.83. The molecule has 0 amide bonds. The summed E-state index contributed by atoms with van der Waals surface area (Å²) in [5.74, 6) is 0.159. The fraction of sp³-hybridized carbons (Fsp3) is 0.200.